The molecule has 114 valence electrons. The number of rotatable bonds is 7. The zero-order chi connectivity index (χ0) is 15.3. The van der Waals surface area contributed by atoms with Gasteiger partial charge in [0.25, 0.3) is 0 Å². The van der Waals surface area contributed by atoms with Gasteiger partial charge in [-0.3, -0.25) is 0 Å². The highest BCUT2D eigenvalue weighted by molar-refractivity contribution is 7.89. The summed E-state index contributed by atoms with van der Waals surface area (Å²) in [5.74, 6) is 0.0901. The summed E-state index contributed by atoms with van der Waals surface area (Å²) in [5.41, 5.74) is 2.01. The first kappa shape index (κ1) is 15.7. The van der Waals surface area contributed by atoms with E-state index in [2.05, 4.69) is 10.4 Å². The minimum Gasteiger partial charge on any atom is -0.311 e. The molecule has 0 spiro atoms. The van der Waals surface area contributed by atoms with Crippen molar-refractivity contribution < 1.29 is 8.42 Å². The molecule has 0 aliphatic heterocycles. The molecule has 0 saturated heterocycles. The van der Waals surface area contributed by atoms with Crippen LogP contribution in [-0.4, -0.2) is 48.9 Å². The van der Waals surface area contributed by atoms with Crippen molar-refractivity contribution in [3.8, 4) is 5.69 Å². The van der Waals surface area contributed by atoms with Crippen molar-refractivity contribution >= 4 is 10.0 Å². The Morgan fingerprint density at radius 3 is 2.62 bits per heavy atom. The van der Waals surface area contributed by atoms with E-state index in [0.717, 1.165) is 11.3 Å². The number of para-hydroxylation sites is 1. The van der Waals surface area contributed by atoms with Gasteiger partial charge in [0.1, 0.15) is 0 Å². The van der Waals surface area contributed by atoms with Gasteiger partial charge in [-0.1, -0.05) is 18.2 Å². The summed E-state index contributed by atoms with van der Waals surface area (Å²) in [4.78, 5) is 0. The van der Waals surface area contributed by atoms with Gasteiger partial charge in [0, 0.05) is 38.9 Å². The molecule has 0 saturated carbocycles. The second-order valence-corrected chi connectivity index (χ2v) is 7.21. The SMILES string of the molecule is CN(C)S(=O)(=O)CCNCc1cnn(-c2ccccc2)c1. The zero-order valence-corrected chi connectivity index (χ0v) is 13.0. The van der Waals surface area contributed by atoms with E-state index >= 15 is 0 Å². The van der Waals surface area contributed by atoms with Crippen LogP contribution in [-0.2, 0) is 16.6 Å². The van der Waals surface area contributed by atoms with Crippen molar-refractivity contribution in [1.29, 1.82) is 0 Å². The van der Waals surface area contributed by atoms with Gasteiger partial charge in [0.2, 0.25) is 10.0 Å². The van der Waals surface area contributed by atoms with E-state index in [9.17, 15) is 8.42 Å². The van der Waals surface area contributed by atoms with E-state index in [4.69, 9.17) is 0 Å². The van der Waals surface area contributed by atoms with Crippen molar-refractivity contribution in [3.05, 3.63) is 48.3 Å². The third-order valence-corrected chi connectivity index (χ3v) is 4.91. The number of hydrogen-bond donors (Lipinski definition) is 1. The number of nitrogens with one attached hydrogen (secondary N) is 1. The lowest BCUT2D eigenvalue weighted by atomic mass is 10.3. The highest BCUT2D eigenvalue weighted by atomic mass is 32.2. The molecule has 0 radical (unpaired) electrons. The Morgan fingerprint density at radius 1 is 1.24 bits per heavy atom. The van der Waals surface area contributed by atoms with E-state index < -0.39 is 10.0 Å². The van der Waals surface area contributed by atoms with Crippen molar-refractivity contribution in [2.24, 2.45) is 0 Å². The van der Waals surface area contributed by atoms with Crippen LogP contribution in [0.5, 0.6) is 0 Å². The Labute approximate surface area is 125 Å². The summed E-state index contributed by atoms with van der Waals surface area (Å²) < 4.78 is 26.2. The number of nitrogens with zero attached hydrogens (tertiary/aromatic N) is 3. The highest BCUT2D eigenvalue weighted by Crippen LogP contribution is 2.07. The van der Waals surface area contributed by atoms with Gasteiger partial charge in [-0.15, -0.1) is 0 Å². The number of sulfonamides is 1. The molecule has 0 aliphatic carbocycles. The molecule has 0 atom stereocenters. The standard InChI is InChI=1S/C14H20N4O2S/c1-17(2)21(19,20)9-8-15-10-13-11-16-18(12-13)14-6-4-3-5-7-14/h3-7,11-12,15H,8-10H2,1-2H3. The Bertz CT molecular complexity index is 665. The summed E-state index contributed by atoms with van der Waals surface area (Å²) in [7, 11) is -0.0586. The van der Waals surface area contributed by atoms with Crippen LogP contribution in [0.1, 0.15) is 5.56 Å². The predicted molar refractivity (Wildman–Crippen MR) is 82.7 cm³/mol. The third-order valence-electron chi connectivity index (χ3n) is 3.08. The maximum Gasteiger partial charge on any atom is 0.214 e. The smallest absolute Gasteiger partial charge is 0.214 e. The molecule has 6 nitrogen and oxygen atoms in total. The first-order chi connectivity index (χ1) is 9.99. The highest BCUT2D eigenvalue weighted by Gasteiger charge is 2.12. The van der Waals surface area contributed by atoms with Crippen LogP contribution < -0.4 is 5.32 Å². The van der Waals surface area contributed by atoms with Gasteiger partial charge in [0.15, 0.2) is 0 Å². The van der Waals surface area contributed by atoms with Crippen LogP contribution in [0.15, 0.2) is 42.7 Å². The molecule has 0 bridgehead atoms. The first-order valence-electron chi connectivity index (χ1n) is 6.69. The maximum atomic E-state index is 11.6. The van der Waals surface area contributed by atoms with Gasteiger partial charge in [-0.05, 0) is 12.1 Å². The van der Waals surface area contributed by atoms with Gasteiger partial charge >= 0.3 is 0 Å². The lowest BCUT2D eigenvalue weighted by molar-refractivity contribution is 0.517. The summed E-state index contributed by atoms with van der Waals surface area (Å²) in [6, 6.07) is 9.84. The van der Waals surface area contributed by atoms with Gasteiger partial charge < -0.3 is 5.32 Å². The summed E-state index contributed by atoms with van der Waals surface area (Å²) in [6.07, 6.45) is 3.71. The van der Waals surface area contributed by atoms with Crippen molar-refractivity contribution in [1.82, 2.24) is 19.4 Å². The normalized spacial score (nSPS) is 12.0. The molecule has 1 aromatic carbocycles. The maximum absolute atomic E-state index is 11.6. The molecule has 21 heavy (non-hydrogen) atoms. The van der Waals surface area contributed by atoms with Gasteiger partial charge in [0.05, 0.1) is 17.6 Å². The first-order valence-corrected chi connectivity index (χ1v) is 8.30. The molecular weight excluding hydrogens is 288 g/mol. The fourth-order valence-electron chi connectivity index (χ4n) is 1.79. The molecule has 0 fully saturated rings. The van der Waals surface area contributed by atoms with Crippen molar-refractivity contribution in [3.63, 3.8) is 0 Å². The number of hydrogen-bond acceptors (Lipinski definition) is 4. The Balaban J connectivity index is 1.84. The van der Waals surface area contributed by atoms with Crippen LogP contribution in [0.25, 0.3) is 5.69 Å². The Morgan fingerprint density at radius 2 is 1.95 bits per heavy atom. The van der Waals surface area contributed by atoms with Crippen LogP contribution in [0.4, 0.5) is 0 Å². The van der Waals surface area contributed by atoms with E-state index in [0.29, 0.717) is 13.1 Å². The van der Waals surface area contributed by atoms with Gasteiger partial charge in [-0.25, -0.2) is 17.4 Å². The van der Waals surface area contributed by atoms with Crippen LogP contribution in [0, 0.1) is 0 Å². The Kier molecular flexibility index (Phi) is 5.11. The van der Waals surface area contributed by atoms with Crippen LogP contribution in [0.3, 0.4) is 0 Å². The molecule has 0 aliphatic rings. The van der Waals surface area contributed by atoms with Gasteiger partial charge in [-0.2, -0.15) is 5.10 Å². The molecule has 1 N–H and O–H groups in total. The quantitative estimate of drug-likeness (QED) is 0.770. The van der Waals surface area contributed by atoms with Crippen LogP contribution in [0.2, 0.25) is 0 Å². The van der Waals surface area contributed by atoms with E-state index in [1.807, 2.05) is 36.5 Å². The van der Waals surface area contributed by atoms with Crippen molar-refractivity contribution in [2.75, 3.05) is 26.4 Å². The second-order valence-electron chi connectivity index (χ2n) is 4.90. The summed E-state index contributed by atoms with van der Waals surface area (Å²) in [6.45, 7) is 1.01. The third kappa shape index (κ3) is 4.38. The lowest BCUT2D eigenvalue weighted by Gasteiger charge is -2.11. The average Bonchev–Trinajstić information content (AvgIpc) is 2.93. The minimum atomic E-state index is -3.14. The van der Waals surface area contributed by atoms with Crippen LogP contribution >= 0.6 is 0 Å². The van der Waals surface area contributed by atoms with Crippen molar-refractivity contribution in [2.45, 2.75) is 6.54 Å². The monoisotopic (exact) mass is 308 g/mol. The largest absolute Gasteiger partial charge is 0.311 e. The zero-order valence-electron chi connectivity index (χ0n) is 12.2. The molecule has 0 amide bonds. The Hall–Kier alpha value is -1.70. The fraction of sp³-hybridized carbons (Fsp3) is 0.357. The summed E-state index contributed by atoms with van der Waals surface area (Å²) >= 11 is 0. The molecule has 7 heteroatoms. The second kappa shape index (κ2) is 6.84. The topological polar surface area (TPSA) is 67.2 Å². The summed E-state index contributed by atoms with van der Waals surface area (Å²) in [5, 5.41) is 7.41. The van der Waals surface area contributed by atoms with E-state index in [1.165, 1.54) is 4.31 Å². The minimum absolute atomic E-state index is 0.0901. The molecule has 1 aromatic heterocycles. The lowest BCUT2D eigenvalue weighted by Crippen LogP contribution is -2.30. The molecule has 0 unspecified atom stereocenters. The molecule has 2 rings (SSSR count). The average molecular weight is 308 g/mol. The van der Waals surface area contributed by atoms with E-state index in [-0.39, 0.29) is 5.75 Å². The molecule has 2 aromatic rings. The number of benzene rings is 1. The fourth-order valence-corrected chi connectivity index (χ4v) is 2.56. The number of aromatic nitrogens is 2. The molecule has 1 heterocycles. The molecular formula is C14H20N4O2S. The van der Waals surface area contributed by atoms with E-state index in [1.54, 1.807) is 25.0 Å². The predicted octanol–water partition coefficient (Wildman–Crippen LogP) is 0.853.